The second kappa shape index (κ2) is 4.68. The van der Waals surface area contributed by atoms with Gasteiger partial charge in [0.25, 0.3) is 0 Å². The fourth-order valence-electron chi connectivity index (χ4n) is 0.946. The highest BCUT2D eigenvalue weighted by molar-refractivity contribution is 7.19. The van der Waals surface area contributed by atoms with Crippen LogP contribution in [0.3, 0.4) is 0 Å². The van der Waals surface area contributed by atoms with Gasteiger partial charge in [0, 0.05) is 6.07 Å². The molecule has 1 aromatic heterocycles. The zero-order valence-electron chi connectivity index (χ0n) is 9.67. The van der Waals surface area contributed by atoms with Gasteiger partial charge in [-0.1, -0.05) is 0 Å². The molecule has 94 valence electrons. The monoisotopic (exact) mass is 259 g/mol. The minimum atomic E-state index is -0.755. The molecule has 0 aliphatic rings. The molecule has 1 aromatic rings. The summed E-state index contributed by atoms with van der Waals surface area (Å²) in [6.45, 7) is 5.11. The van der Waals surface area contributed by atoms with Crippen molar-refractivity contribution < 1.29 is 14.5 Å². The van der Waals surface area contributed by atoms with Crippen LogP contribution in [0.25, 0.3) is 0 Å². The minimum Gasteiger partial charge on any atom is -0.442 e. The van der Waals surface area contributed by atoms with Crippen molar-refractivity contribution in [3.8, 4) is 0 Å². The van der Waals surface area contributed by atoms with Crippen molar-refractivity contribution in [3.63, 3.8) is 0 Å². The fourth-order valence-corrected chi connectivity index (χ4v) is 1.68. The van der Waals surface area contributed by atoms with E-state index in [1.165, 1.54) is 12.1 Å². The summed E-state index contributed by atoms with van der Waals surface area (Å²) in [6, 6.07) is 2.68. The van der Waals surface area contributed by atoms with E-state index in [1.807, 2.05) is 0 Å². The lowest BCUT2D eigenvalue weighted by Gasteiger charge is -2.23. The van der Waals surface area contributed by atoms with Crippen molar-refractivity contribution >= 4 is 27.4 Å². The van der Waals surface area contributed by atoms with Gasteiger partial charge in [0.15, 0.2) is 0 Å². The molecule has 0 aromatic carbocycles. The van der Waals surface area contributed by atoms with Crippen molar-refractivity contribution in [2.45, 2.75) is 26.4 Å². The maximum atomic E-state index is 11.6. The van der Waals surface area contributed by atoms with Crippen molar-refractivity contribution in [2.75, 3.05) is 5.01 Å². The van der Waals surface area contributed by atoms with Gasteiger partial charge in [-0.25, -0.2) is 15.6 Å². The number of rotatable bonds is 2. The third-order valence-electron chi connectivity index (χ3n) is 1.59. The van der Waals surface area contributed by atoms with E-state index in [0.29, 0.717) is 0 Å². The molecule has 0 radical (unpaired) electrons. The van der Waals surface area contributed by atoms with Gasteiger partial charge in [0.2, 0.25) is 0 Å². The number of ether oxygens (including phenoxy) is 1. The van der Waals surface area contributed by atoms with Crippen LogP contribution < -0.4 is 10.9 Å². The number of anilines is 1. The maximum Gasteiger partial charge on any atom is 0.430 e. The first-order valence-corrected chi connectivity index (χ1v) is 5.54. The summed E-state index contributed by atoms with van der Waals surface area (Å²) in [6.07, 6.45) is -0.755. The van der Waals surface area contributed by atoms with Gasteiger partial charge in [-0.2, -0.15) is 0 Å². The van der Waals surface area contributed by atoms with E-state index in [9.17, 15) is 14.9 Å². The summed E-state index contributed by atoms with van der Waals surface area (Å²) >= 11 is 0.804. The van der Waals surface area contributed by atoms with Crippen LogP contribution >= 0.6 is 11.3 Å². The molecule has 0 atom stereocenters. The highest BCUT2D eigenvalue weighted by Gasteiger charge is 2.23. The standard InChI is InChI=1S/C9H13N3O4S/c1-9(2,3)16-8(13)11(10)6-4-5-7(17-6)12(14)15/h4-5H,10H2,1-3H3. The summed E-state index contributed by atoms with van der Waals surface area (Å²) < 4.78 is 5.02. The van der Waals surface area contributed by atoms with Crippen LogP contribution in [0.15, 0.2) is 12.1 Å². The molecule has 0 spiro atoms. The normalized spacial score (nSPS) is 11.1. The van der Waals surface area contributed by atoms with Gasteiger partial charge in [0.05, 0.1) is 4.92 Å². The van der Waals surface area contributed by atoms with Gasteiger partial charge in [-0.3, -0.25) is 10.1 Å². The number of amides is 1. The average molecular weight is 259 g/mol. The minimum absolute atomic E-state index is 0.0843. The van der Waals surface area contributed by atoms with Crippen molar-refractivity contribution in [1.82, 2.24) is 0 Å². The first-order chi connectivity index (χ1) is 7.70. The van der Waals surface area contributed by atoms with Crippen LogP contribution in [0, 0.1) is 10.1 Å². The highest BCUT2D eigenvalue weighted by Crippen LogP contribution is 2.30. The lowest BCUT2D eigenvalue weighted by molar-refractivity contribution is -0.380. The Bertz CT molecular complexity index is 438. The predicted molar refractivity (Wildman–Crippen MR) is 63.9 cm³/mol. The fraction of sp³-hybridized carbons (Fsp3) is 0.444. The van der Waals surface area contributed by atoms with Gasteiger partial charge >= 0.3 is 11.1 Å². The Balaban J connectivity index is 2.78. The molecular formula is C9H13N3O4S. The maximum absolute atomic E-state index is 11.6. The summed E-state index contributed by atoms with van der Waals surface area (Å²) in [5.41, 5.74) is -0.669. The Morgan fingerprint density at radius 1 is 1.53 bits per heavy atom. The molecular weight excluding hydrogens is 246 g/mol. The summed E-state index contributed by atoms with van der Waals surface area (Å²) in [4.78, 5) is 21.5. The quantitative estimate of drug-likeness (QED) is 0.380. The second-order valence-electron chi connectivity index (χ2n) is 4.22. The molecule has 0 fully saturated rings. The number of hydrogen-bond acceptors (Lipinski definition) is 6. The van der Waals surface area contributed by atoms with Gasteiger partial charge < -0.3 is 4.74 Å². The van der Waals surface area contributed by atoms with E-state index in [2.05, 4.69) is 0 Å². The molecule has 0 aliphatic heterocycles. The van der Waals surface area contributed by atoms with Crippen LogP contribution in [-0.2, 0) is 4.74 Å². The molecule has 17 heavy (non-hydrogen) atoms. The zero-order chi connectivity index (χ0) is 13.2. The predicted octanol–water partition coefficient (Wildman–Crippen LogP) is 2.27. The number of nitrogens with zero attached hydrogens (tertiary/aromatic N) is 2. The Morgan fingerprint density at radius 2 is 2.12 bits per heavy atom. The number of nitro groups is 1. The Labute approximate surface area is 102 Å². The van der Waals surface area contributed by atoms with Crippen molar-refractivity contribution in [1.29, 1.82) is 0 Å². The lowest BCUT2D eigenvalue weighted by Crippen LogP contribution is -2.41. The van der Waals surface area contributed by atoms with Crippen molar-refractivity contribution in [3.05, 3.63) is 22.2 Å². The Hall–Kier alpha value is -1.67. The molecule has 0 bridgehead atoms. The van der Waals surface area contributed by atoms with E-state index in [0.717, 1.165) is 16.3 Å². The topological polar surface area (TPSA) is 98.7 Å². The SMILES string of the molecule is CC(C)(C)OC(=O)N(N)c1ccc([N+](=O)[O-])s1. The third-order valence-corrected chi connectivity index (χ3v) is 2.62. The molecule has 0 aliphatic carbocycles. The van der Waals surface area contributed by atoms with Crippen LogP contribution in [0.4, 0.5) is 14.8 Å². The van der Waals surface area contributed by atoms with Gasteiger partial charge in [-0.15, -0.1) is 0 Å². The van der Waals surface area contributed by atoms with E-state index in [-0.39, 0.29) is 10.0 Å². The lowest BCUT2D eigenvalue weighted by atomic mass is 10.2. The smallest absolute Gasteiger partial charge is 0.430 e. The van der Waals surface area contributed by atoms with Gasteiger partial charge in [-0.05, 0) is 38.2 Å². The molecule has 1 amide bonds. The van der Waals surface area contributed by atoms with Crippen LogP contribution in [0.5, 0.6) is 0 Å². The number of hydrogen-bond donors (Lipinski definition) is 1. The third kappa shape index (κ3) is 3.68. The molecule has 0 unspecified atom stereocenters. The number of hydrazine groups is 1. The molecule has 1 heterocycles. The number of nitrogens with two attached hydrogens (primary N) is 1. The van der Waals surface area contributed by atoms with Gasteiger partial charge in [0.1, 0.15) is 10.6 Å². The molecule has 0 saturated carbocycles. The summed E-state index contributed by atoms with van der Waals surface area (Å²) in [5.74, 6) is 5.51. The molecule has 2 N–H and O–H groups in total. The number of carbonyl (C=O) groups is 1. The zero-order valence-corrected chi connectivity index (χ0v) is 10.5. The van der Waals surface area contributed by atoms with Crippen LogP contribution in [-0.4, -0.2) is 16.6 Å². The number of carbonyl (C=O) groups excluding carboxylic acids is 1. The van der Waals surface area contributed by atoms with E-state index in [1.54, 1.807) is 20.8 Å². The van der Waals surface area contributed by atoms with E-state index in [4.69, 9.17) is 10.6 Å². The Kier molecular flexibility index (Phi) is 3.69. The highest BCUT2D eigenvalue weighted by atomic mass is 32.1. The molecule has 0 saturated heterocycles. The first kappa shape index (κ1) is 13.4. The summed E-state index contributed by atoms with van der Waals surface area (Å²) in [7, 11) is 0. The average Bonchev–Trinajstić information content (AvgIpc) is 2.62. The molecule has 7 nitrogen and oxygen atoms in total. The Morgan fingerprint density at radius 3 is 2.53 bits per heavy atom. The van der Waals surface area contributed by atoms with E-state index < -0.39 is 16.6 Å². The van der Waals surface area contributed by atoms with Crippen molar-refractivity contribution in [2.24, 2.45) is 5.84 Å². The molecule has 1 rings (SSSR count). The van der Waals surface area contributed by atoms with E-state index >= 15 is 0 Å². The number of thiophene rings is 1. The summed E-state index contributed by atoms with van der Waals surface area (Å²) in [5, 5.41) is 11.4. The van der Waals surface area contributed by atoms with Crippen LogP contribution in [0.2, 0.25) is 0 Å². The second-order valence-corrected chi connectivity index (χ2v) is 5.26. The first-order valence-electron chi connectivity index (χ1n) is 4.73. The van der Waals surface area contributed by atoms with Crippen LogP contribution in [0.1, 0.15) is 20.8 Å². The largest absolute Gasteiger partial charge is 0.442 e. The molecule has 8 heteroatoms.